The molecule has 2 aromatic carbocycles. The molecule has 2 aromatic rings. The van der Waals surface area contributed by atoms with Crippen molar-refractivity contribution in [2.24, 2.45) is 0 Å². The standard InChI is InChI=1S/C24H29Cl2F3N4O4S/c1-4-38(35,36)22-11-21(37-3)19(26)10-20(22)31-32-23(34)14-8-17(24(27,28)29)16(18(25)9-14)13-33-7-5-6-15(12-33)30-2/h8-11,15,30-31H,4-7,12-13H2,1-3H3,(H,32,34)/t15-/m0/s1. The van der Waals surface area contributed by atoms with E-state index in [0.717, 1.165) is 25.0 Å². The van der Waals surface area contributed by atoms with Crippen molar-refractivity contribution < 1.29 is 31.1 Å². The zero-order chi connectivity index (χ0) is 28.3. The van der Waals surface area contributed by atoms with Crippen LogP contribution in [0.1, 0.15) is 41.3 Å². The van der Waals surface area contributed by atoms with Crippen LogP contribution in [0.4, 0.5) is 18.9 Å². The third-order valence-electron chi connectivity index (χ3n) is 6.34. The quantitative estimate of drug-likeness (QED) is 0.359. The van der Waals surface area contributed by atoms with Gasteiger partial charge in [0, 0.05) is 35.8 Å². The van der Waals surface area contributed by atoms with Gasteiger partial charge in [0.2, 0.25) is 0 Å². The molecule has 8 nitrogen and oxygen atoms in total. The van der Waals surface area contributed by atoms with Crippen LogP contribution < -0.4 is 20.9 Å². The van der Waals surface area contributed by atoms with Crippen molar-refractivity contribution in [1.82, 2.24) is 15.6 Å². The predicted molar refractivity (Wildman–Crippen MR) is 141 cm³/mol. The zero-order valence-corrected chi connectivity index (χ0v) is 23.3. The highest BCUT2D eigenvalue weighted by molar-refractivity contribution is 7.91. The Bertz CT molecular complexity index is 1290. The van der Waals surface area contributed by atoms with Gasteiger partial charge in [-0.1, -0.05) is 30.1 Å². The Morgan fingerprint density at radius 2 is 1.89 bits per heavy atom. The summed E-state index contributed by atoms with van der Waals surface area (Å²) in [6.45, 7) is 2.62. The molecule has 0 aromatic heterocycles. The second-order valence-corrected chi connectivity index (χ2v) is 11.9. The van der Waals surface area contributed by atoms with Gasteiger partial charge in [-0.2, -0.15) is 13.2 Å². The first-order chi connectivity index (χ1) is 17.8. The third-order valence-corrected chi connectivity index (χ3v) is 8.74. The highest BCUT2D eigenvalue weighted by Crippen LogP contribution is 2.38. The number of ether oxygens (including phenoxy) is 1. The minimum atomic E-state index is -4.76. The van der Waals surface area contributed by atoms with Gasteiger partial charge >= 0.3 is 6.18 Å². The van der Waals surface area contributed by atoms with E-state index < -0.39 is 27.5 Å². The summed E-state index contributed by atoms with van der Waals surface area (Å²) in [6.07, 6.45) is -2.99. The van der Waals surface area contributed by atoms with E-state index in [1.165, 1.54) is 26.2 Å². The first-order valence-corrected chi connectivity index (χ1v) is 14.2. The largest absolute Gasteiger partial charge is 0.495 e. The lowest BCUT2D eigenvalue weighted by Gasteiger charge is -2.33. The predicted octanol–water partition coefficient (Wildman–Crippen LogP) is 4.76. The molecule has 1 aliphatic rings. The van der Waals surface area contributed by atoms with E-state index >= 15 is 0 Å². The fourth-order valence-electron chi connectivity index (χ4n) is 4.24. The fraction of sp³-hybridized carbons (Fsp3) is 0.458. The molecule has 1 amide bonds. The molecule has 0 spiro atoms. The summed E-state index contributed by atoms with van der Waals surface area (Å²) in [5.41, 5.74) is 3.14. The van der Waals surface area contributed by atoms with Crippen LogP contribution in [0, 0.1) is 0 Å². The lowest BCUT2D eigenvalue weighted by atomic mass is 10.00. The summed E-state index contributed by atoms with van der Waals surface area (Å²) in [4.78, 5) is 14.5. The Morgan fingerprint density at radius 1 is 1.18 bits per heavy atom. The molecular formula is C24H29Cl2F3N4O4S. The van der Waals surface area contributed by atoms with E-state index in [9.17, 15) is 26.4 Å². The second kappa shape index (κ2) is 12.3. The maximum absolute atomic E-state index is 14.0. The normalized spacial score (nSPS) is 16.8. The molecular weight excluding hydrogens is 568 g/mol. The van der Waals surface area contributed by atoms with Gasteiger partial charge in [0.1, 0.15) is 5.75 Å². The zero-order valence-electron chi connectivity index (χ0n) is 21.0. The minimum absolute atomic E-state index is 0.0193. The van der Waals surface area contributed by atoms with Gasteiger partial charge in [-0.3, -0.25) is 20.5 Å². The summed E-state index contributed by atoms with van der Waals surface area (Å²) in [7, 11) is -0.657. The summed E-state index contributed by atoms with van der Waals surface area (Å²) < 4.78 is 72.3. The monoisotopic (exact) mass is 596 g/mol. The number of amides is 1. The van der Waals surface area contributed by atoms with Crippen LogP contribution in [-0.2, 0) is 22.6 Å². The van der Waals surface area contributed by atoms with Crippen molar-refractivity contribution in [3.63, 3.8) is 0 Å². The van der Waals surface area contributed by atoms with Gasteiger partial charge in [0.05, 0.1) is 34.0 Å². The number of methoxy groups -OCH3 is 1. The third kappa shape index (κ3) is 7.03. The number of likely N-dealkylation sites (tertiary alicyclic amines) is 1. The summed E-state index contributed by atoms with van der Waals surface area (Å²) >= 11 is 12.4. The smallest absolute Gasteiger partial charge is 0.416 e. The number of hydrazine groups is 1. The van der Waals surface area contributed by atoms with Gasteiger partial charge in [0.25, 0.3) is 5.91 Å². The molecule has 38 heavy (non-hydrogen) atoms. The van der Waals surface area contributed by atoms with Gasteiger partial charge in [-0.25, -0.2) is 8.42 Å². The van der Waals surface area contributed by atoms with Crippen LogP contribution in [0.15, 0.2) is 29.2 Å². The van der Waals surface area contributed by atoms with Crippen molar-refractivity contribution in [1.29, 1.82) is 0 Å². The number of piperidine rings is 1. The van der Waals surface area contributed by atoms with E-state index in [1.807, 2.05) is 11.9 Å². The van der Waals surface area contributed by atoms with Crippen LogP contribution in [0.5, 0.6) is 5.75 Å². The maximum Gasteiger partial charge on any atom is 0.416 e. The number of likely N-dealkylation sites (N-methyl/N-ethyl adjacent to an activating group) is 1. The highest BCUT2D eigenvalue weighted by Gasteiger charge is 2.36. The van der Waals surface area contributed by atoms with Gasteiger partial charge in [0.15, 0.2) is 9.84 Å². The Labute approximate surface area is 229 Å². The number of carbonyl (C=O) groups excluding carboxylic acids is 1. The number of alkyl halides is 3. The molecule has 0 radical (unpaired) electrons. The number of halogens is 5. The molecule has 1 atom stereocenters. The Balaban J connectivity index is 1.89. The van der Waals surface area contributed by atoms with Crippen LogP contribution >= 0.6 is 23.2 Å². The van der Waals surface area contributed by atoms with Crippen molar-refractivity contribution in [3.05, 3.63) is 51.0 Å². The molecule has 3 N–H and O–H groups in total. The lowest BCUT2D eigenvalue weighted by Crippen LogP contribution is -2.44. The van der Waals surface area contributed by atoms with Crippen LogP contribution in [0.25, 0.3) is 0 Å². The number of benzene rings is 2. The Kier molecular flexibility index (Phi) is 9.80. The highest BCUT2D eigenvalue weighted by atomic mass is 35.5. The van der Waals surface area contributed by atoms with Gasteiger partial charge in [-0.05, 0) is 50.2 Å². The van der Waals surface area contributed by atoms with Crippen molar-refractivity contribution in [2.45, 2.75) is 43.4 Å². The molecule has 0 unspecified atom stereocenters. The fourth-order valence-corrected chi connectivity index (χ4v) is 5.80. The van der Waals surface area contributed by atoms with E-state index in [0.29, 0.717) is 13.1 Å². The SMILES string of the molecule is CCS(=O)(=O)c1cc(OC)c(Cl)cc1NNC(=O)c1cc(Cl)c(CN2CCC[C@H](NC)C2)c(C(F)(F)F)c1. The number of sulfone groups is 1. The number of rotatable bonds is 9. The molecule has 0 bridgehead atoms. The van der Waals surface area contributed by atoms with Crippen LogP contribution in [-0.4, -0.2) is 58.3 Å². The van der Waals surface area contributed by atoms with Crippen molar-refractivity contribution in [3.8, 4) is 5.75 Å². The van der Waals surface area contributed by atoms with E-state index in [-0.39, 0.29) is 55.8 Å². The average molecular weight is 597 g/mol. The molecule has 14 heteroatoms. The number of hydrogen-bond donors (Lipinski definition) is 3. The Hall–Kier alpha value is -2.25. The molecule has 1 saturated heterocycles. The Morgan fingerprint density at radius 3 is 2.50 bits per heavy atom. The summed E-state index contributed by atoms with van der Waals surface area (Å²) in [5, 5.41) is 3.01. The summed E-state index contributed by atoms with van der Waals surface area (Å²) in [5.74, 6) is -1.11. The van der Waals surface area contributed by atoms with Crippen molar-refractivity contribution >= 4 is 44.6 Å². The average Bonchev–Trinajstić information content (AvgIpc) is 2.87. The van der Waals surface area contributed by atoms with Gasteiger partial charge < -0.3 is 10.1 Å². The number of nitrogens with one attached hydrogen (secondary N) is 3. The van der Waals surface area contributed by atoms with E-state index in [1.54, 1.807) is 0 Å². The molecule has 3 rings (SSSR count). The molecule has 1 aliphatic heterocycles. The van der Waals surface area contributed by atoms with Crippen LogP contribution in [0.2, 0.25) is 10.0 Å². The maximum atomic E-state index is 14.0. The lowest BCUT2D eigenvalue weighted by molar-refractivity contribution is -0.138. The first-order valence-electron chi connectivity index (χ1n) is 11.8. The van der Waals surface area contributed by atoms with Gasteiger partial charge in [-0.15, -0.1) is 0 Å². The second-order valence-electron chi connectivity index (χ2n) is 8.81. The van der Waals surface area contributed by atoms with E-state index in [2.05, 4.69) is 16.2 Å². The molecule has 1 fully saturated rings. The van der Waals surface area contributed by atoms with E-state index in [4.69, 9.17) is 27.9 Å². The number of hydrogen-bond acceptors (Lipinski definition) is 7. The molecule has 0 saturated carbocycles. The molecule has 0 aliphatic carbocycles. The number of nitrogens with zero attached hydrogens (tertiary/aromatic N) is 1. The minimum Gasteiger partial charge on any atom is -0.495 e. The first kappa shape index (κ1) is 30.3. The number of carbonyl (C=O) groups is 1. The number of anilines is 1. The summed E-state index contributed by atoms with van der Waals surface area (Å²) in [6, 6.07) is 4.50. The van der Waals surface area contributed by atoms with Crippen LogP contribution in [0.3, 0.4) is 0 Å². The molecule has 1 heterocycles. The molecule has 210 valence electrons. The topological polar surface area (TPSA) is 99.8 Å². The van der Waals surface area contributed by atoms with Crippen molar-refractivity contribution in [2.75, 3.05) is 38.4 Å².